The second-order valence-electron chi connectivity index (χ2n) is 14.9. The van der Waals surface area contributed by atoms with Crippen molar-refractivity contribution in [2.75, 3.05) is 6.54 Å². The lowest BCUT2D eigenvalue weighted by Gasteiger charge is -2.64. The molecule has 0 spiro atoms. The number of carbonyl (C=O) groups excluding carboxylic acids is 2. The summed E-state index contributed by atoms with van der Waals surface area (Å²) in [6.45, 7) is 12.8. The smallest absolute Gasteiger partial charge is 0.404 e. The Kier molecular flexibility index (Phi) is 10.2. The Labute approximate surface area is 275 Å². The maximum absolute atomic E-state index is 14.0. The molecule has 4 aliphatic rings. The summed E-state index contributed by atoms with van der Waals surface area (Å²) in [5.41, 5.74) is 1.40. The topological polar surface area (TPSA) is 129 Å². The summed E-state index contributed by atoms with van der Waals surface area (Å²) in [5, 5.41) is 2.99. The lowest BCUT2D eigenvalue weighted by atomic mass is 9.43. The van der Waals surface area contributed by atoms with Gasteiger partial charge in [-0.3, -0.25) is 9.59 Å². The molecular formula is C34H51BN4O6S. The number of benzene rings is 1. The highest BCUT2D eigenvalue weighted by atomic mass is 32.2. The van der Waals surface area contributed by atoms with Crippen molar-refractivity contribution in [3.8, 4) is 0 Å². The molecule has 2 N–H and O–H groups in total. The Balaban J connectivity index is 1.33. The number of nitrogens with zero attached hydrogens (tertiary/aromatic N) is 2. The first-order valence-corrected chi connectivity index (χ1v) is 18.4. The van der Waals surface area contributed by atoms with E-state index in [1.54, 1.807) is 19.2 Å². The van der Waals surface area contributed by atoms with Crippen LogP contribution in [0.15, 0.2) is 41.8 Å². The lowest BCUT2D eigenvalue weighted by Crippen LogP contribution is -2.65. The fourth-order valence-electron chi connectivity index (χ4n) is 7.77. The Morgan fingerprint density at radius 3 is 2.48 bits per heavy atom. The van der Waals surface area contributed by atoms with Crippen LogP contribution in [0.5, 0.6) is 0 Å². The van der Waals surface area contributed by atoms with Crippen molar-refractivity contribution in [1.29, 1.82) is 0 Å². The Bertz CT molecular complexity index is 1510. The molecule has 4 fully saturated rings. The molecule has 1 amide bonds. The van der Waals surface area contributed by atoms with Gasteiger partial charge in [0.05, 0.1) is 29.9 Å². The molecule has 2 heterocycles. The summed E-state index contributed by atoms with van der Waals surface area (Å²) in [5.74, 6) is -0.868. The van der Waals surface area contributed by atoms with Gasteiger partial charge in [-0.2, -0.15) is 0 Å². The summed E-state index contributed by atoms with van der Waals surface area (Å²) >= 11 is 0. The molecule has 3 saturated carbocycles. The van der Waals surface area contributed by atoms with Crippen molar-refractivity contribution in [3.63, 3.8) is 0 Å². The number of ketones is 1. The quantitative estimate of drug-likeness (QED) is 0.210. The molecule has 1 aromatic heterocycles. The van der Waals surface area contributed by atoms with Gasteiger partial charge in [0, 0.05) is 31.8 Å². The molecule has 46 heavy (non-hydrogen) atoms. The zero-order chi connectivity index (χ0) is 33.4. The minimum absolute atomic E-state index is 0.0382. The van der Waals surface area contributed by atoms with Crippen LogP contribution in [0, 0.1) is 29.1 Å². The minimum Gasteiger partial charge on any atom is -0.404 e. The van der Waals surface area contributed by atoms with Gasteiger partial charge in [-0.25, -0.2) is 18.1 Å². The van der Waals surface area contributed by atoms with Crippen molar-refractivity contribution in [2.45, 2.75) is 109 Å². The van der Waals surface area contributed by atoms with Gasteiger partial charge in [0.2, 0.25) is 5.91 Å². The number of carbonyl (C=O) groups is 2. The summed E-state index contributed by atoms with van der Waals surface area (Å²) < 4.78 is 43.4. The van der Waals surface area contributed by atoms with Crippen molar-refractivity contribution in [1.82, 2.24) is 19.6 Å². The number of hydrogen-bond acceptors (Lipinski definition) is 7. The first-order valence-electron chi connectivity index (χ1n) is 16.9. The SMILES string of the molecule is CCCCc1ccc(C(=O)C[C@@H](CNS(=O)(=O)c2cn(C)cn2)C(=O)N[C@@H](CC(C)C)B2O[C@@H]3C[C@@H]4C[C@@H](C4(C)C)[C@]3(C)O2)cc1. The molecule has 0 radical (unpaired) electrons. The highest BCUT2D eigenvalue weighted by Crippen LogP contribution is 2.65. The van der Waals surface area contributed by atoms with Gasteiger partial charge in [0.15, 0.2) is 10.8 Å². The largest absolute Gasteiger partial charge is 0.481 e. The third kappa shape index (κ3) is 7.15. The molecule has 1 aromatic carbocycles. The number of hydrogen-bond donors (Lipinski definition) is 2. The normalized spacial score (nSPS) is 26.3. The van der Waals surface area contributed by atoms with Crippen molar-refractivity contribution in [3.05, 3.63) is 47.9 Å². The van der Waals surface area contributed by atoms with Crippen LogP contribution < -0.4 is 10.0 Å². The highest BCUT2D eigenvalue weighted by molar-refractivity contribution is 7.89. The fourth-order valence-corrected chi connectivity index (χ4v) is 8.83. The van der Waals surface area contributed by atoms with Crippen molar-refractivity contribution in [2.24, 2.45) is 36.1 Å². The molecule has 6 atom stereocenters. The monoisotopic (exact) mass is 654 g/mol. The molecule has 3 aliphatic carbocycles. The summed E-state index contributed by atoms with van der Waals surface area (Å²) in [4.78, 5) is 31.5. The zero-order valence-corrected chi connectivity index (χ0v) is 29.2. The third-order valence-electron chi connectivity index (χ3n) is 10.7. The van der Waals surface area contributed by atoms with Gasteiger partial charge in [-0.1, -0.05) is 65.3 Å². The summed E-state index contributed by atoms with van der Waals surface area (Å²) in [6.07, 6.45) is 8.34. The number of amides is 1. The minimum atomic E-state index is -4.00. The van der Waals surface area contributed by atoms with Crippen LogP contribution >= 0.6 is 0 Å². The number of nitrogens with one attached hydrogen (secondary N) is 2. The maximum atomic E-state index is 14.0. The molecule has 6 rings (SSSR count). The fraction of sp³-hybridized carbons (Fsp3) is 0.676. The van der Waals surface area contributed by atoms with Crippen molar-refractivity contribution >= 4 is 28.8 Å². The second-order valence-corrected chi connectivity index (χ2v) is 16.6. The third-order valence-corrected chi connectivity index (χ3v) is 12.0. The molecule has 1 saturated heterocycles. The van der Waals surface area contributed by atoms with E-state index in [1.807, 2.05) is 12.1 Å². The van der Waals surface area contributed by atoms with Crippen LogP contribution in [0.1, 0.15) is 96.0 Å². The first-order chi connectivity index (χ1) is 21.6. The van der Waals surface area contributed by atoms with E-state index in [-0.39, 0.29) is 41.2 Å². The van der Waals surface area contributed by atoms with Gasteiger partial charge in [-0.15, -0.1) is 0 Å². The lowest BCUT2D eigenvalue weighted by molar-refractivity contribution is -0.199. The molecule has 12 heteroatoms. The van der Waals surface area contributed by atoms with Gasteiger partial charge >= 0.3 is 7.12 Å². The average molecular weight is 655 g/mol. The summed E-state index contributed by atoms with van der Waals surface area (Å²) in [6, 6.07) is 7.47. The predicted octanol–water partition coefficient (Wildman–Crippen LogP) is 4.73. The van der Waals surface area contributed by atoms with E-state index >= 15 is 0 Å². The standard InChI is InChI=1S/C34H51BN4O6S/c1-8-9-10-23-11-13-24(14-12-23)27(40)16-25(19-37-46(42,43)31-20-39(7)21-36-31)32(41)38-30(15-22(2)3)35-44-29-18-26-17-28(33(26,4)5)34(29,6)45-35/h11-14,20-22,25-26,28-30,37H,8-10,15-19H2,1-7H3,(H,38,41)/t25-,26-,28-,29+,30-,34-/m0/s1. The number of unbranched alkanes of at least 4 members (excludes halogenated alkanes) is 1. The molecular weight excluding hydrogens is 603 g/mol. The molecule has 10 nitrogen and oxygen atoms in total. The number of aromatic nitrogens is 2. The van der Waals surface area contributed by atoms with E-state index in [0.29, 0.717) is 23.8 Å². The first kappa shape index (κ1) is 34.8. The molecule has 2 aromatic rings. The van der Waals surface area contributed by atoms with Gasteiger partial charge in [0.1, 0.15) is 0 Å². The molecule has 1 aliphatic heterocycles. The number of aryl methyl sites for hydroxylation is 2. The van der Waals surface area contributed by atoms with Gasteiger partial charge in [0.25, 0.3) is 10.0 Å². The van der Waals surface area contributed by atoms with Crippen LogP contribution in [0.4, 0.5) is 0 Å². The van der Waals surface area contributed by atoms with Crippen LogP contribution in [-0.4, -0.2) is 61.0 Å². The Morgan fingerprint density at radius 2 is 1.87 bits per heavy atom. The van der Waals surface area contributed by atoms with E-state index in [9.17, 15) is 18.0 Å². The highest BCUT2D eigenvalue weighted by Gasteiger charge is 2.68. The van der Waals surface area contributed by atoms with Crippen LogP contribution in [-0.2, 0) is 37.6 Å². The van der Waals surface area contributed by atoms with E-state index < -0.39 is 40.5 Å². The molecule has 2 bridgehead atoms. The molecule has 0 unspecified atom stereocenters. The predicted molar refractivity (Wildman–Crippen MR) is 177 cm³/mol. The van der Waals surface area contributed by atoms with Crippen molar-refractivity contribution < 1.29 is 27.3 Å². The van der Waals surface area contributed by atoms with E-state index in [1.165, 1.54) is 17.1 Å². The number of imidazole rings is 1. The second kappa shape index (κ2) is 13.5. The van der Waals surface area contributed by atoms with E-state index in [4.69, 9.17) is 9.31 Å². The van der Waals surface area contributed by atoms with Gasteiger partial charge in [-0.05, 0) is 67.8 Å². The van der Waals surface area contributed by atoms with E-state index in [0.717, 1.165) is 37.7 Å². The van der Waals surface area contributed by atoms with Crippen LogP contribution in [0.3, 0.4) is 0 Å². The van der Waals surface area contributed by atoms with E-state index in [2.05, 4.69) is 56.6 Å². The average Bonchev–Trinajstić information content (AvgIpc) is 3.60. The van der Waals surface area contributed by atoms with Crippen LogP contribution in [0.2, 0.25) is 0 Å². The van der Waals surface area contributed by atoms with Crippen LogP contribution in [0.25, 0.3) is 0 Å². The van der Waals surface area contributed by atoms with Gasteiger partial charge < -0.3 is 19.2 Å². The Morgan fingerprint density at radius 1 is 1.15 bits per heavy atom. The molecule has 252 valence electrons. The Hall–Kier alpha value is -2.54. The number of rotatable bonds is 15. The zero-order valence-electron chi connectivity index (χ0n) is 28.4. The maximum Gasteiger partial charge on any atom is 0.481 e. The summed E-state index contributed by atoms with van der Waals surface area (Å²) in [7, 11) is -2.96. The number of sulfonamides is 1. The number of Topliss-reactive ketones (excluding diaryl/α,β-unsaturated/α-hetero) is 1.